The second-order valence-electron chi connectivity index (χ2n) is 10.2. The van der Waals surface area contributed by atoms with Crippen molar-refractivity contribution in [3.05, 3.63) is 64.9 Å². The zero-order valence-corrected chi connectivity index (χ0v) is 21.1. The van der Waals surface area contributed by atoms with Crippen LogP contribution in [0, 0.1) is 11.3 Å². The highest BCUT2D eigenvalue weighted by Crippen LogP contribution is 2.39. The van der Waals surface area contributed by atoms with Gasteiger partial charge >= 0.3 is 5.97 Å². The molecule has 3 heterocycles. The van der Waals surface area contributed by atoms with Crippen LogP contribution in [-0.2, 0) is 19.2 Å². The number of ether oxygens (including phenoxy) is 1. The van der Waals surface area contributed by atoms with E-state index in [1.165, 1.54) is 0 Å². The Kier molecular flexibility index (Phi) is 6.44. The maximum atomic E-state index is 13.0. The van der Waals surface area contributed by atoms with Crippen LogP contribution in [0.1, 0.15) is 50.3 Å². The molecule has 2 aromatic carbocycles. The van der Waals surface area contributed by atoms with Crippen molar-refractivity contribution in [2.45, 2.75) is 45.3 Å². The summed E-state index contributed by atoms with van der Waals surface area (Å²) in [6, 6.07) is 14.6. The number of amides is 1. The van der Waals surface area contributed by atoms with Crippen molar-refractivity contribution in [3.63, 3.8) is 0 Å². The topological polar surface area (TPSA) is 116 Å². The third kappa shape index (κ3) is 4.93. The summed E-state index contributed by atoms with van der Waals surface area (Å²) >= 11 is 0. The van der Waals surface area contributed by atoms with E-state index in [2.05, 4.69) is 26.8 Å². The standard InChI is InChI=1S/C28H29N5O4/c1-28(2,3)37-27(35)22-9-6-12-33(22)13-14-36-32-24-18-7-4-5-8-20(18)30-25(24)23-19-15-17(16-29)10-11-21(19)31-26(23)34/h4-5,7-8,10-11,15,22,30H,6,9,12-14H2,1-3H3,(H,31,34)/b25-23-,32-24+/t22-/m0/s1. The van der Waals surface area contributed by atoms with Crippen LogP contribution in [0.3, 0.4) is 0 Å². The summed E-state index contributed by atoms with van der Waals surface area (Å²) < 4.78 is 5.58. The van der Waals surface area contributed by atoms with Gasteiger partial charge in [-0.05, 0) is 64.4 Å². The van der Waals surface area contributed by atoms with Gasteiger partial charge in [0.15, 0.2) is 0 Å². The molecular formula is C28H29N5O4. The van der Waals surface area contributed by atoms with Gasteiger partial charge < -0.3 is 20.2 Å². The van der Waals surface area contributed by atoms with Gasteiger partial charge in [0.2, 0.25) is 0 Å². The molecule has 1 saturated heterocycles. The Balaban J connectivity index is 1.38. The number of allylic oxidation sites excluding steroid dienone is 1. The number of anilines is 2. The summed E-state index contributed by atoms with van der Waals surface area (Å²) in [5.41, 5.74) is 4.31. The maximum absolute atomic E-state index is 13.0. The van der Waals surface area contributed by atoms with E-state index in [0.717, 1.165) is 30.6 Å². The Bertz CT molecular complexity index is 1370. The maximum Gasteiger partial charge on any atom is 0.323 e. The molecule has 3 aliphatic heterocycles. The minimum atomic E-state index is -0.528. The van der Waals surface area contributed by atoms with Crippen LogP contribution in [0.25, 0.3) is 5.57 Å². The Labute approximate surface area is 215 Å². The second kappa shape index (κ2) is 9.71. The third-order valence-corrected chi connectivity index (χ3v) is 6.49. The summed E-state index contributed by atoms with van der Waals surface area (Å²) in [6.45, 7) is 7.19. The van der Waals surface area contributed by atoms with Gasteiger partial charge in [-0.25, -0.2) is 0 Å². The van der Waals surface area contributed by atoms with E-state index in [9.17, 15) is 14.9 Å². The molecule has 1 amide bonds. The van der Waals surface area contributed by atoms with E-state index in [4.69, 9.17) is 9.57 Å². The Morgan fingerprint density at radius 1 is 1.16 bits per heavy atom. The smallest absolute Gasteiger partial charge is 0.323 e. The quantitative estimate of drug-likeness (QED) is 0.278. The van der Waals surface area contributed by atoms with E-state index >= 15 is 0 Å². The van der Waals surface area contributed by atoms with Gasteiger partial charge in [0.1, 0.15) is 24.0 Å². The van der Waals surface area contributed by atoms with Crippen molar-refractivity contribution >= 4 is 34.5 Å². The van der Waals surface area contributed by atoms with Crippen molar-refractivity contribution in [1.82, 2.24) is 4.90 Å². The number of oxime groups is 1. The molecule has 9 heteroatoms. The number of likely N-dealkylation sites (tertiary alicyclic amines) is 1. The van der Waals surface area contributed by atoms with Crippen LogP contribution in [0.15, 0.2) is 53.3 Å². The van der Waals surface area contributed by atoms with Crippen LogP contribution in [0.4, 0.5) is 11.4 Å². The number of carbonyl (C=O) groups is 2. The van der Waals surface area contributed by atoms with Crippen molar-refractivity contribution in [2.75, 3.05) is 30.3 Å². The van der Waals surface area contributed by atoms with E-state index < -0.39 is 5.60 Å². The van der Waals surface area contributed by atoms with Crippen LogP contribution in [0.5, 0.6) is 0 Å². The van der Waals surface area contributed by atoms with Crippen LogP contribution < -0.4 is 10.6 Å². The Morgan fingerprint density at radius 3 is 2.73 bits per heavy atom. The van der Waals surface area contributed by atoms with Gasteiger partial charge in [0, 0.05) is 29.0 Å². The number of esters is 1. The van der Waals surface area contributed by atoms with Crippen molar-refractivity contribution in [2.24, 2.45) is 5.16 Å². The number of nitrogens with zero attached hydrogens (tertiary/aromatic N) is 3. The third-order valence-electron chi connectivity index (χ3n) is 6.49. The van der Waals surface area contributed by atoms with Crippen molar-refractivity contribution in [3.8, 4) is 6.07 Å². The summed E-state index contributed by atoms with van der Waals surface area (Å²) in [5.74, 6) is -0.481. The average Bonchev–Trinajstić information content (AvgIpc) is 3.55. The van der Waals surface area contributed by atoms with E-state index in [1.54, 1.807) is 18.2 Å². The average molecular weight is 500 g/mol. The molecule has 0 bridgehead atoms. The molecule has 37 heavy (non-hydrogen) atoms. The first-order valence-electron chi connectivity index (χ1n) is 12.4. The summed E-state index contributed by atoms with van der Waals surface area (Å²) in [4.78, 5) is 33.4. The number of hydrogen-bond acceptors (Lipinski definition) is 8. The minimum absolute atomic E-state index is 0.208. The highest BCUT2D eigenvalue weighted by Gasteiger charge is 2.35. The molecule has 5 rings (SSSR count). The van der Waals surface area contributed by atoms with Gasteiger partial charge in [-0.2, -0.15) is 5.26 Å². The Hall–Kier alpha value is -4.16. The monoisotopic (exact) mass is 499 g/mol. The molecular weight excluding hydrogens is 470 g/mol. The molecule has 0 radical (unpaired) electrons. The van der Waals surface area contributed by atoms with E-state index in [1.807, 2.05) is 45.0 Å². The molecule has 9 nitrogen and oxygen atoms in total. The second-order valence-corrected chi connectivity index (χ2v) is 10.2. The molecule has 0 aromatic heterocycles. The van der Waals surface area contributed by atoms with Gasteiger partial charge in [0.25, 0.3) is 5.91 Å². The lowest BCUT2D eigenvalue weighted by Gasteiger charge is -2.26. The lowest BCUT2D eigenvalue weighted by molar-refractivity contribution is -0.160. The van der Waals surface area contributed by atoms with Crippen LogP contribution >= 0.6 is 0 Å². The number of para-hydroxylation sites is 1. The zero-order valence-electron chi connectivity index (χ0n) is 21.1. The highest BCUT2D eigenvalue weighted by molar-refractivity contribution is 6.39. The number of hydrogen-bond donors (Lipinski definition) is 2. The summed E-state index contributed by atoms with van der Waals surface area (Å²) in [7, 11) is 0. The van der Waals surface area contributed by atoms with Gasteiger partial charge in [0.05, 0.1) is 22.9 Å². The van der Waals surface area contributed by atoms with Crippen molar-refractivity contribution in [1.29, 1.82) is 5.26 Å². The number of fused-ring (bicyclic) bond motifs is 2. The fraction of sp³-hybridized carbons (Fsp3) is 0.357. The van der Waals surface area contributed by atoms with Crippen LogP contribution in [-0.4, -0.2) is 53.8 Å². The number of nitriles is 1. The number of rotatable bonds is 5. The first-order chi connectivity index (χ1) is 17.7. The first kappa shape index (κ1) is 24.5. The van der Waals surface area contributed by atoms with Crippen molar-refractivity contribution < 1.29 is 19.2 Å². The first-order valence-corrected chi connectivity index (χ1v) is 12.4. The minimum Gasteiger partial charge on any atom is -0.459 e. The molecule has 0 aliphatic carbocycles. The number of nitrogens with one attached hydrogen (secondary N) is 2. The van der Waals surface area contributed by atoms with Crippen LogP contribution in [0.2, 0.25) is 0 Å². The molecule has 2 aromatic rings. The van der Waals surface area contributed by atoms with E-state index in [0.29, 0.717) is 40.3 Å². The molecule has 0 unspecified atom stereocenters. The molecule has 1 atom stereocenters. The lowest BCUT2D eigenvalue weighted by Crippen LogP contribution is -2.41. The SMILES string of the molecule is CC(C)(C)OC(=O)[C@@H]1CCCN1CCO/N=C1/C(=C2/C(=O)Nc3ccc(C#N)cc32)Nc2ccccc21. The summed E-state index contributed by atoms with van der Waals surface area (Å²) in [5, 5.41) is 20.0. The predicted octanol–water partition coefficient (Wildman–Crippen LogP) is 3.87. The normalized spacial score (nSPS) is 21.7. The number of benzene rings is 2. The lowest BCUT2D eigenvalue weighted by atomic mass is 10.00. The summed E-state index contributed by atoms with van der Waals surface area (Å²) in [6.07, 6.45) is 1.68. The molecule has 0 spiro atoms. The molecule has 2 N–H and O–H groups in total. The predicted molar refractivity (Wildman–Crippen MR) is 140 cm³/mol. The molecule has 0 saturated carbocycles. The zero-order chi connectivity index (χ0) is 26.2. The number of carbonyl (C=O) groups excluding carboxylic acids is 2. The van der Waals surface area contributed by atoms with Gasteiger partial charge in [-0.1, -0.05) is 23.4 Å². The molecule has 1 fully saturated rings. The molecule has 3 aliphatic rings. The largest absolute Gasteiger partial charge is 0.459 e. The van der Waals surface area contributed by atoms with Gasteiger partial charge in [-0.15, -0.1) is 0 Å². The molecule has 190 valence electrons. The highest BCUT2D eigenvalue weighted by atomic mass is 16.6. The Morgan fingerprint density at radius 2 is 1.95 bits per heavy atom. The fourth-order valence-electron chi connectivity index (χ4n) is 4.89. The van der Waals surface area contributed by atoms with Gasteiger partial charge in [-0.3, -0.25) is 14.5 Å². The van der Waals surface area contributed by atoms with E-state index in [-0.39, 0.29) is 24.5 Å². The fourth-order valence-corrected chi connectivity index (χ4v) is 4.89.